The second-order valence-electron chi connectivity index (χ2n) is 9.39. The standard InChI is InChI=1S/C32H21N/c1-2-8-20(9-3-1)25-16-28-26-14-21-10-4-6-12-23(21)18-30(26)33-31-19-24-13-7-5-11-22(24)15-27(31)29(17-25)32(28)33/h1-19,26,30H. The molecule has 0 fully saturated rings. The van der Waals surface area contributed by atoms with Gasteiger partial charge in [0.2, 0.25) is 0 Å². The Morgan fingerprint density at radius 3 is 2.06 bits per heavy atom. The van der Waals surface area contributed by atoms with Crippen LogP contribution in [-0.2, 0) is 0 Å². The SMILES string of the molecule is C1=c2ccccc2=CC2C1c1cc(-c3ccccc3)cc3c4cc5ccccc5cc4n2c13. The van der Waals surface area contributed by atoms with Gasteiger partial charge >= 0.3 is 0 Å². The van der Waals surface area contributed by atoms with E-state index in [1.165, 1.54) is 59.7 Å². The average molecular weight is 420 g/mol. The van der Waals surface area contributed by atoms with Crippen molar-refractivity contribution in [3.63, 3.8) is 0 Å². The van der Waals surface area contributed by atoms with Crippen molar-refractivity contribution in [2.75, 3.05) is 0 Å². The van der Waals surface area contributed by atoms with E-state index >= 15 is 0 Å². The van der Waals surface area contributed by atoms with Crippen molar-refractivity contribution in [1.82, 2.24) is 4.57 Å². The molecule has 8 rings (SSSR count). The molecule has 1 aromatic heterocycles. The molecule has 0 bridgehead atoms. The van der Waals surface area contributed by atoms with Gasteiger partial charge in [-0.15, -0.1) is 0 Å². The molecule has 1 aliphatic heterocycles. The van der Waals surface area contributed by atoms with Crippen LogP contribution in [0.4, 0.5) is 0 Å². The molecule has 6 aromatic rings. The van der Waals surface area contributed by atoms with Crippen LogP contribution in [0.25, 0.3) is 55.9 Å². The van der Waals surface area contributed by atoms with Crippen LogP contribution in [0, 0.1) is 0 Å². The van der Waals surface area contributed by atoms with Crippen LogP contribution in [0.5, 0.6) is 0 Å². The Bertz CT molecular complexity index is 1870. The van der Waals surface area contributed by atoms with Crippen LogP contribution in [0.2, 0.25) is 0 Å². The second kappa shape index (κ2) is 6.24. The van der Waals surface area contributed by atoms with Gasteiger partial charge in [0.05, 0.1) is 17.1 Å². The number of hydrogen-bond acceptors (Lipinski definition) is 0. The largest absolute Gasteiger partial charge is 0.332 e. The van der Waals surface area contributed by atoms with E-state index in [-0.39, 0.29) is 0 Å². The fraction of sp³-hybridized carbons (Fsp3) is 0.0625. The second-order valence-corrected chi connectivity index (χ2v) is 9.39. The molecule has 1 heteroatoms. The Kier molecular flexibility index (Phi) is 3.30. The van der Waals surface area contributed by atoms with Crippen LogP contribution < -0.4 is 10.4 Å². The van der Waals surface area contributed by atoms with Crippen molar-refractivity contribution in [2.24, 2.45) is 0 Å². The molecule has 0 saturated carbocycles. The summed E-state index contributed by atoms with van der Waals surface area (Å²) in [7, 11) is 0. The van der Waals surface area contributed by atoms with Crippen molar-refractivity contribution < 1.29 is 0 Å². The van der Waals surface area contributed by atoms with Crippen LogP contribution in [0.3, 0.4) is 0 Å². The highest BCUT2D eigenvalue weighted by Gasteiger charge is 2.35. The molecular formula is C32H21N. The third kappa shape index (κ3) is 2.32. The monoisotopic (exact) mass is 419 g/mol. The highest BCUT2D eigenvalue weighted by atomic mass is 15.0. The maximum Gasteiger partial charge on any atom is 0.0636 e. The maximum atomic E-state index is 2.61. The lowest BCUT2D eigenvalue weighted by molar-refractivity contribution is 0.665. The van der Waals surface area contributed by atoms with E-state index < -0.39 is 0 Å². The lowest BCUT2D eigenvalue weighted by Gasteiger charge is -2.21. The van der Waals surface area contributed by atoms with Gasteiger partial charge in [0.1, 0.15) is 0 Å². The van der Waals surface area contributed by atoms with Crippen molar-refractivity contribution in [1.29, 1.82) is 0 Å². The number of rotatable bonds is 1. The molecule has 0 amide bonds. The van der Waals surface area contributed by atoms with E-state index in [0.29, 0.717) is 12.0 Å². The Morgan fingerprint density at radius 1 is 0.545 bits per heavy atom. The minimum absolute atomic E-state index is 0.307. The highest BCUT2D eigenvalue weighted by molar-refractivity contribution is 6.15. The lowest BCUT2D eigenvalue weighted by atomic mass is 9.86. The zero-order valence-electron chi connectivity index (χ0n) is 18.1. The fourth-order valence-corrected chi connectivity index (χ4v) is 6.16. The third-order valence-electron chi connectivity index (χ3n) is 7.63. The molecule has 0 radical (unpaired) electrons. The Labute approximate surface area is 191 Å². The number of nitrogens with zero attached hydrogens (tertiary/aromatic N) is 1. The number of hydrogen-bond donors (Lipinski definition) is 0. The van der Waals surface area contributed by atoms with E-state index in [0.717, 1.165) is 0 Å². The van der Waals surface area contributed by atoms with Crippen LogP contribution in [-0.4, -0.2) is 4.57 Å². The summed E-state index contributed by atoms with van der Waals surface area (Å²) in [4.78, 5) is 0. The van der Waals surface area contributed by atoms with Crippen LogP contribution >= 0.6 is 0 Å². The lowest BCUT2D eigenvalue weighted by Crippen LogP contribution is -2.31. The molecule has 1 aliphatic carbocycles. The van der Waals surface area contributed by atoms with Crippen molar-refractivity contribution in [3.8, 4) is 11.1 Å². The van der Waals surface area contributed by atoms with Gasteiger partial charge in [-0.3, -0.25) is 0 Å². The Hall–Kier alpha value is -4.10. The molecule has 0 saturated heterocycles. The van der Waals surface area contributed by atoms with Gasteiger partial charge < -0.3 is 4.57 Å². The zero-order valence-corrected chi connectivity index (χ0v) is 18.1. The Morgan fingerprint density at radius 2 is 1.24 bits per heavy atom. The molecule has 33 heavy (non-hydrogen) atoms. The fourth-order valence-electron chi connectivity index (χ4n) is 6.16. The summed E-state index contributed by atoms with van der Waals surface area (Å²) in [6.07, 6.45) is 4.97. The zero-order chi connectivity index (χ0) is 21.5. The summed E-state index contributed by atoms with van der Waals surface area (Å²) in [5, 5.41) is 8.01. The summed E-state index contributed by atoms with van der Waals surface area (Å²) in [6.45, 7) is 0. The van der Waals surface area contributed by atoms with Crippen LogP contribution in [0.15, 0.2) is 103 Å². The first kappa shape index (κ1) is 17.5. The van der Waals surface area contributed by atoms with Crippen molar-refractivity contribution in [3.05, 3.63) is 119 Å². The predicted octanol–water partition coefficient (Wildman–Crippen LogP) is 6.53. The van der Waals surface area contributed by atoms with Crippen LogP contribution in [0.1, 0.15) is 17.5 Å². The molecule has 1 nitrogen and oxygen atoms in total. The van der Waals surface area contributed by atoms with Gasteiger partial charge in [0, 0.05) is 16.7 Å². The van der Waals surface area contributed by atoms with E-state index in [4.69, 9.17) is 0 Å². The van der Waals surface area contributed by atoms with Crippen molar-refractivity contribution >= 4 is 44.7 Å². The molecule has 2 atom stereocenters. The molecule has 154 valence electrons. The van der Waals surface area contributed by atoms with E-state index in [2.05, 4.69) is 120 Å². The maximum absolute atomic E-state index is 2.61. The molecule has 2 heterocycles. The molecular weight excluding hydrogens is 398 g/mol. The summed E-state index contributed by atoms with van der Waals surface area (Å²) < 4.78 is 2.61. The quantitative estimate of drug-likeness (QED) is 0.286. The topological polar surface area (TPSA) is 4.93 Å². The normalized spacial score (nSPS) is 18.2. The summed E-state index contributed by atoms with van der Waals surface area (Å²) >= 11 is 0. The summed E-state index contributed by atoms with van der Waals surface area (Å²) in [5.74, 6) is 0.358. The van der Waals surface area contributed by atoms with Gasteiger partial charge in [-0.2, -0.15) is 0 Å². The summed E-state index contributed by atoms with van der Waals surface area (Å²) in [6, 6.07) is 38.3. The van der Waals surface area contributed by atoms with Gasteiger partial charge in [-0.05, 0) is 62.2 Å². The van der Waals surface area contributed by atoms with Gasteiger partial charge in [0.25, 0.3) is 0 Å². The molecule has 0 spiro atoms. The minimum atomic E-state index is 0.307. The Balaban J connectivity index is 1.55. The first-order valence-electron chi connectivity index (χ1n) is 11.7. The van der Waals surface area contributed by atoms with Crippen molar-refractivity contribution in [2.45, 2.75) is 12.0 Å². The van der Waals surface area contributed by atoms with Gasteiger partial charge in [0.15, 0.2) is 0 Å². The molecule has 2 unspecified atom stereocenters. The first-order chi connectivity index (χ1) is 16.3. The summed E-state index contributed by atoms with van der Waals surface area (Å²) in [5.41, 5.74) is 6.77. The first-order valence-corrected chi connectivity index (χ1v) is 11.7. The molecule has 0 N–H and O–H groups in total. The number of aromatic nitrogens is 1. The van der Waals surface area contributed by atoms with Gasteiger partial charge in [-0.1, -0.05) is 91.0 Å². The average Bonchev–Trinajstić information content (AvgIpc) is 3.37. The molecule has 5 aromatic carbocycles. The predicted molar refractivity (Wildman–Crippen MR) is 139 cm³/mol. The third-order valence-corrected chi connectivity index (χ3v) is 7.63. The smallest absolute Gasteiger partial charge is 0.0636 e. The van der Waals surface area contributed by atoms with E-state index in [1.54, 1.807) is 0 Å². The molecule has 2 aliphatic rings. The number of fused-ring (bicyclic) bond motifs is 8. The van der Waals surface area contributed by atoms with Gasteiger partial charge in [-0.25, -0.2) is 0 Å². The highest BCUT2D eigenvalue weighted by Crippen LogP contribution is 2.50. The van der Waals surface area contributed by atoms with E-state index in [1.807, 2.05) is 0 Å². The van der Waals surface area contributed by atoms with E-state index in [9.17, 15) is 0 Å². The number of benzene rings is 5. The minimum Gasteiger partial charge on any atom is -0.332 e.